The van der Waals surface area contributed by atoms with Crippen LogP contribution in [0.3, 0.4) is 0 Å². The lowest BCUT2D eigenvalue weighted by molar-refractivity contribution is -0.134. The number of fused-ring (bicyclic) bond motifs is 2. The second-order valence-corrected chi connectivity index (χ2v) is 10.2. The van der Waals surface area contributed by atoms with E-state index >= 15 is 0 Å². The zero-order valence-corrected chi connectivity index (χ0v) is 23.9. The molecule has 3 heterocycles. The molecule has 2 aliphatic rings. The summed E-state index contributed by atoms with van der Waals surface area (Å²) < 4.78 is 13.4. The van der Waals surface area contributed by atoms with Gasteiger partial charge in [0.05, 0.1) is 5.52 Å². The molecule has 0 amide bonds. The monoisotopic (exact) mass is 610 g/mol. The smallest absolute Gasteiger partial charge is 0.328 e. The Labute approximate surface area is 252 Å². The SMILES string of the molecule is Fc1ccc2c(C3CCN(CCN4CCc5ccccc5C4)CC3)[nH]nc2c1.O=C(O)/C=C\C(=O)O.O=C(O)/C=C\C(=O)O. The van der Waals surface area contributed by atoms with E-state index in [2.05, 4.69) is 44.3 Å². The molecule has 12 nitrogen and oxygen atoms in total. The molecule has 0 spiro atoms. The molecule has 44 heavy (non-hydrogen) atoms. The number of carboxylic acids is 4. The number of nitrogens with zero attached hydrogens (tertiary/aromatic N) is 3. The second-order valence-electron chi connectivity index (χ2n) is 10.2. The van der Waals surface area contributed by atoms with Gasteiger partial charge in [-0.25, -0.2) is 23.6 Å². The Bertz CT molecular complexity index is 1450. The van der Waals surface area contributed by atoms with E-state index in [0.29, 0.717) is 30.2 Å². The van der Waals surface area contributed by atoms with E-state index in [1.165, 1.54) is 41.9 Å². The Morgan fingerprint density at radius 2 is 1.34 bits per heavy atom. The third-order valence-electron chi connectivity index (χ3n) is 7.22. The van der Waals surface area contributed by atoms with Crippen molar-refractivity contribution in [2.75, 3.05) is 32.7 Å². The number of aromatic nitrogens is 2. The van der Waals surface area contributed by atoms with Crippen molar-refractivity contribution in [1.82, 2.24) is 20.0 Å². The standard InChI is InChI=1S/C23H27FN4.2C4H4O4/c24-20-5-6-21-22(15-20)25-26-23(21)18-8-10-27(11-9-18)13-14-28-12-7-17-3-1-2-4-19(17)16-28;2*5-3(6)1-2-4(7)8/h1-6,15,18H,7-14,16H2,(H,25,26);2*1-2H,(H,5,6)(H,7,8)/b;2*2-1-. The maximum Gasteiger partial charge on any atom is 0.328 e. The van der Waals surface area contributed by atoms with E-state index < -0.39 is 23.9 Å². The van der Waals surface area contributed by atoms with E-state index in [4.69, 9.17) is 20.4 Å². The van der Waals surface area contributed by atoms with Crippen LogP contribution in [0.1, 0.15) is 35.6 Å². The molecule has 0 saturated carbocycles. The van der Waals surface area contributed by atoms with Gasteiger partial charge in [-0.1, -0.05) is 24.3 Å². The Morgan fingerprint density at radius 3 is 1.91 bits per heavy atom. The molecular formula is C31H35FN4O8. The Kier molecular flexibility index (Phi) is 12.7. The average Bonchev–Trinajstić information content (AvgIpc) is 3.42. The summed E-state index contributed by atoms with van der Waals surface area (Å²) >= 11 is 0. The molecule has 2 aromatic carbocycles. The lowest BCUT2D eigenvalue weighted by atomic mass is 9.91. The minimum absolute atomic E-state index is 0.222. The van der Waals surface area contributed by atoms with Gasteiger partial charge in [0.2, 0.25) is 0 Å². The summed E-state index contributed by atoms with van der Waals surface area (Å²) in [6.45, 7) is 6.79. The van der Waals surface area contributed by atoms with Gasteiger partial charge in [0.25, 0.3) is 0 Å². The van der Waals surface area contributed by atoms with Gasteiger partial charge in [0, 0.05) is 73.5 Å². The lowest BCUT2D eigenvalue weighted by Crippen LogP contribution is -2.41. The van der Waals surface area contributed by atoms with Gasteiger partial charge in [0.1, 0.15) is 5.82 Å². The molecule has 3 aromatic rings. The number of hydrogen-bond acceptors (Lipinski definition) is 7. The summed E-state index contributed by atoms with van der Waals surface area (Å²) in [5.41, 5.74) is 4.94. The van der Waals surface area contributed by atoms with Crippen LogP contribution in [0.25, 0.3) is 10.9 Å². The highest BCUT2D eigenvalue weighted by Gasteiger charge is 2.24. The first-order chi connectivity index (χ1) is 21.0. The number of nitrogens with one attached hydrogen (secondary N) is 1. The molecule has 2 aliphatic heterocycles. The number of carboxylic acid groups (broad SMARTS) is 4. The number of hydrogen-bond donors (Lipinski definition) is 5. The van der Waals surface area contributed by atoms with Crippen molar-refractivity contribution in [2.45, 2.75) is 31.7 Å². The van der Waals surface area contributed by atoms with Gasteiger partial charge in [-0.2, -0.15) is 5.10 Å². The molecule has 0 aliphatic carbocycles. The van der Waals surface area contributed by atoms with Gasteiger partial charge in [-0.3, -0.25) is 10.00 Å². The number of aromatic amines is 1. The number of H-pyrrole nitrogens is 1. The van der Waals surface area contributed by atoms with Crippen LogP contribution in [0.4, 0.5) is 4.39 Å². The Balaban J connectivity index is 0.000000275. The molecule has 1 saturated heterocycles. The maximum absolute atomic E-state index is 13.4. The molecule has 0 unspecified atom stereocenters. The van der Waals surface area contributed by atoms with Crippen LogP contribution in [0.5, 0.6) is 0 Å². The molecule has 1 aromatic heterocycles. The van der Waals surface area contributed by atoms with Crippen molar-refractivity contribution in [3.05, 3.63) is 89.4 Å². The quantitative estimate of drug-likeness (QED) is 0.236. The number of likely N-dealkylation sites (tertiary alicyclic amines) is 1. The summed E-state index contributed by atoms with van der Waals surface area (Å²) in [5.74, 6) is -4.76. The highest BCUT2D eigenvalue weighted by atomic mass is 19.1. The maximum atomic E-state index is 13.4. The van der Waals surface area contributed by atoms with E-state index in [-0.39, 0.29) is 5.82 Å². The van der Waals surface area contributed by atoms with Crippen LogP contribution in [0, 0.1) is 5.82 Å². The first kappa shape index (κ1) is 33.6. The van der Waals surface area contributed by atoms with Crippen molar-refractivity contribution in [3.8, 4) is 0 Å². The van der Waals surface area contributed by atoms with Gasteiger partial charge >= 0.3 is 23.9 Å². The van der Waals surface area contributed by atoms with Crippen LogP contribution in [0.15, 0.2) is 66.8 Å². The zero-order chi connectivity index (χ0) is 32.1. The fourth-order valence-corrected chi connectivity index (χ4v) is 5.08. The first-order valence-corrected chi connectivity index (χ1v) is 13.9. The topological polar surface area (TPSA) is 184 Å². The molecule has 0 atom stereocenters. The van der Waals surface area contributed by atoms with Crippen LogP contribution < -0.4 is 0 Å². The minimum atomic E-state index is -1.26. The average molecular weight is 611 g/mol. The molecular weight excluding hydrogens is 575 g/mol. The van der Waals surface area contributed by atoms with E-state index in [1.54, 1.807) is 0 Å². The van der Waals surface area contributed by atoms with Crippen molar-refractivity contribution < 1.29 is 44.0 Å². The summed E-state index contributed by atoms with van der Waals surface area (Å²) in [6, 6.07) is 13.8. The molecule has 13 heteroatoms. The van der Waals surface area contributed by atoms with Crippen LogP contribution in [-0.2, 0) is 32.1 Å². The first-order valence-electron chi connectivity index (χ1n) is 13.9. The Hall–Kier alpha value is -4.88. The normalized spacial score (nSPS) is 15.7. The highest BCUT2D eigenvalue weighted by Crippen LogP contribution is 2.31. The summed E-state index contributed by atoms with van der Waals surface area (Å²) in [7, 11) is 0. The van der Waals surface area contributed by atoms with E-state index in [0.717, 1.165) is 56.5 Å². The van der Waals surface area contributed by atoms with Gasteiger partial charge in [0.15, 0.2) is 0 Å². The molecule has 1 fully saturated rings. The molecule has 5 rings (SSSR count). The summed E-state index contributed by atoms with van der Waals surface area (Å²) in [6.07, 6.45) is 5.68. The lowest BCUT2D eigenvalue weighted by Gasteiger charge is -2.34. The number of carbonyl (C=O) groups is 4. The number of halogens is 1. The third kappa shape index (κ3) is 11.1. The number of benzene rings is 2. The zero-order valence-electron chi connectivity index (χ0n) is 23.9. The second kappa shape index (κ2) is 16.7. The van der Waals surface area contributed by atoms with Crippen molar-refractivity contribution in [3.63, 3.8) is 0 Å². The van der Waals surface area contributed by atoms with Gasteiger partial charge in [-0.05, 0) is 55.6 Å². The third-order valence-corrected chi connectivity index (χ3v) is 7.22. The number of rotatable bonds is 8. The molecule has 234 valence electrons. The van der Waals surface area contributed by atoms with Crippen molar-refractivity contribution in [1.29, 1.82) is 0 Å². The van der Waals surface area contributed by atoms with Crippen LogP contribution >= 0.6 is 0 Å². The molecule has 0 radical (unpaired) electrons. The van der Waals surface area contributed by atoms with Gasteiger partial charge in [-0.15, -0.1) is 0 Å². The van der Waals surface area contributed by atoms with Crippen LogP contribution in [-0.4, -0.2) is 97.0 Å². The highest BCUT2D eigenvalue weighted by molar-refractivity contribution is 5.90. The van der Waals surface area contributed by atoms with Crippen molar-refractivity contribution in [2.24, 2.45) is 0 Å². The van der Waals surface area contributed by atoms with E-state index in [1.807, 2.05) is 6.07 Å². The van der Waals surface area contributed by atoms with Crippen LogP contribution in [0.2, 0.25) is 0 Å². The number of piperidine rings is 1. The predicted octanol–water partition coefficient (Wildman–Crippen LogP) is 3.36. The molecule has 5 N–H and O–H groups in total. The largest absolute Gasteiger partial charge is 0.478 e. The van der Waals surface area contributed by atoms with Gasteiger partial charge < -0.3 is 25.3 Å². The molecule has 0 bridgehead atoms. The summed E-state index contributed by atoms with van der Waals surface area (Å²) in [5, 5.41) is 39.8. The van der Waals surface area contributed by atoms with E-state index in [9.17, 15) is 23.6 Å². The Morgan fingerprint density at radius 1 is 0.795 bits per heavy atom. The summed E-state index contributed by atoms with van der Waals surface area (Å²) in [4.78, 5) is 43.4. The van der Waals surface area contributed by atoms with Crippen molar-refractivity contribution >= 4 is 34.8 Å². The predicted molar refractivity (Wildman–Crippen MR) is 159 cm³/mol. The fourth-order valence-electron chi connectivity index (χ4n) is 5.08. The minimum Gasteiger partial charge on any atom is -0.478 e. The number of aliphatic carboxylic acids is 4. The fraction of sp³-hybridized carbons (Fsp3) is 0.323.